The molecule has 0 radical (unpaired) electrons. The van der Waals surface area contributed by atoms with Crippen molar-refractivity contribution in [2.24, 2.45) is 5.73 Å². The minimum Gasteiger partial charge on any atom is -0.369 e. The highest BCUT2D eigenvalue weighted by atomic mass is 127. The van der Waals surface area contributed by atoms with E-state index >= 15 is 0 Å². The van der Waals surface area contributed by atoms with Gasteiger partial charge in [-0.1, -0.05) is 0 Å². The average Bonchev–Trinajstić information content (AvgIpc) is 2.18. The number of aromatic nitrogens is 1. The van der Waals surface area contributed by atoms with Crippen molar-refractivity contribution in [1.82, 2.24) is 4.98 Å². The summed E-state index contributed by atoms with van der Waals surface area (Å²) >= 11 is 2.24. The molecule has 0 aliphatic heterocycles. The number of aryl methyl sites for hydroxylation is 1. The zero-order valence-electron chi connectivity index (χ0n) is 8.83. The zero-order valence-corrected chi connectivity index (χ0v) is 11.0. The Morgan fingerprint density at radius 1 is 1.44 bits per heavy atom. The molecule has 4 heteroatoms. The second kappa shape index (κ2) is 4.37. The summed E-state index contributed by atoms with van der Waals surface area (Å²) in [4.78, 5) is 15.4. The second-order valence-electron chi connectivity index (χ2n) is 3.73. The Morgan fingerprint density at radius 3 is 2.88 bits per heavy atom. The fraction of sp³-hybridized carbons (Fsp3) is 0.167. The number of hydrogen-bond acceptors (Lipinski definition) is 2. The van der Waals surface area contributed by atoms with E-state index in [-0.39, 0.29) is 12.3 Å². The Balaban J connectivity index is 2.69. The van der Waals surface area contributed by atoms with Crippen molar-refractivity contribution in [3.63, 3.8) is 0 Å². The molecular formula is C12H11IN2O. The van der Waals surface area contributed by atoms with Crippen LogP contribution in [0, 0.1) is 10.5 Å². The molecule has 1 heterocycles. The number of nitrogens with two attached hydrogens (primary N) is 1. The van der Waals surface area contributed by atoms with E-state index in [1.807, 2.05) is 31.2 Å². The number of amides is 1. The molecule has 0 aliphatic rings. The maximum atomic E-state index is 11.0. The highest BCUT2D eigenvalue weighted by Gasteiger charge is 2.07. The lowest BCUT2D eigenvalue weighted by atomic mass is 10.0. The third kappa shape index (κ3) is 2.32. The van der Waals surface area contributed by atoms with E-state index in [0.29, 0.717) is 0 Å². The van der Waals surface area contributed by atoms with E-state index in [2.05, 4.69) is 27.6 Å². The SMILES string of the molecule is Cc1cc(CC(N)=O)c2cc(I)ccc2n1. The predicted molar refractivity (Wildman–Crippen MR) is 72.1 cm³/mol. The Morgan fingerprint density at radius 2 is 2.19 bits per heavy atom. The quantitative estimate of drug-likeness (QED) is 0.860. The van der Waals surface area contributed by atoms with Crippen molar-refractivity contribution < 1.29 is 4.79 Å². The molecule has 82 valence electrons. The Hall–Kier alpha value is -1.17. The van der Waals surface area contributed by atoms with Gasteiger partial charge in [-0.2, -0.15) is 0 Å². The van der Waals surface area contributed by atoms with Crippen molar-refractivity contribution in [2.45, 2.75) is 13.3 Å². The van der Waals surface area contributed by atoms with Crippen molar-refractivity contribution in [1.29, 1.82) is 0 Å². The summed E-state index contributed by atoms with van der Waals surface area (Å²) in [7, 11) is 0. The first-order valence-electron chi connectivity index (χ1n) is 4.90. The Kier molecular flexibility index (Phi) is 3.09. The van der Waals surface area contributed by atoms with Gasteiger partial charge < -0.3 is 5.73 Å². The lowest BCUT2D eigenvalue weighted by molar-refractivity contribution is -0.117. The third-order valence-corrected chi connectivity index (χ3v) is 3.02. The lowest BCUT2D eigenvalue weighted by Gasteiger charge is -2.06. The van der Waals surface area contributed by atoms with Gasteiger partial charge in [0.05, 0.1) is 11.9 Å². The normalized spacial score (nSPS) is 10.6. The van der Waals surface area contributed by atoms with Gasteiger partial charge in [0.1, 0.15) is 0 Å². The fourth-order valence-corrected chi connectivity index (χ4v) is 2.24. The van der Waals surface area contributed by atoms with Gasteiger partial charge in [0.2, 0.25) is 5.91 Å². The summed E-state index contributed by atoms with van der Waals surface area (Å²) < 4.78 is 1.13. The summed E-state index contributed by atoms with van der Waals surface area (Å²) in [5, 5.41) is 1.01. The highest BCUT2D eigenvalue weighted by molar-refractivity contribution is 14.1. The standard InChI is InChI=1S/C12H11IN2O/c1-7-4-8(5-12(14)16)10-6-9(13)2-3-11(10)15-7/h2-4,6H,5H2,1H3,(H2,14,16). The number of pyridine rings is 1. The molecule has 0 bridgehead atoms. The van der Waals surface area contributed by atoms with Crippen molar-refractivity contribution in [3.05, 3.63) is 39.1 Å². The molecule has 3 nitrogen and oxygen atoms in total. The zero-order chi connectivity index (χ0) is 11.7. The number of nitrogens with zero attached hydrogens (tertiary/aromatic N) is 1. The number of fused-ring (bicyclic) bond motifs is 1. The monoisotopic (exact) mass is 326 g/mol. The number of carbonyl (C=O) groups is 1. The fourth-order valence-electron chi connectivity index (χ4n) is 1.75. The minimum absolute atomic E-state index is 0.264. The summed E-state index contributed by atoms with van der Waals surface area (Å²) in [6.07, 6.45) is 0.264. The van der Waals surface area contributed by atoms with Gasteiger partial charge in [0.15, 0.2) is 0 Å². The Labute approximate surface area is 107 Å². The number of carbonyl (C=O) groups excluding carboxylic acids is 1. The van der Waals surface area contributed by atoms with Crippen molar-refractivity contribution in [3.8, 4) is 0 Å². The molecular weight excluding hydrogens is 315 g/mol. The van der Waals surface area contributed by atoms with Gasteiger partial charge in [-0.15, -0.1) is 0 Å². The van der Waals surface area contributed by atoms with Gasteiger partial charge in [0.25, 0.3) is 0 Å². The van der Waals surface area contributed by atoms with Crippen molar-refractivity contribution in [2.75, 3.05) is 0 Å². The molecule has 0 spiro atoms. The third-order valence-electron chi connectivity index (χ3n) is 2.35. The van der Waals surface area contributed by atoms with E-state index in [0.717, 1.165) is 25.7 Å². The van der Waals surface area contributed by atoms with Crippen LogP contribution in [0.4, 0.5) is 0 Å². The van der Waals surface area contributed by atoms with Crippen LogP contribution in [0.3, 0.4) is 0 Å². The lowest BCUT2D eigenvalue weighted by Crippen LogP contribution is -2.14. The van der Waals surface area contributed by atoms with E-state index < -0.39 is 0 Å². The smallest absolute Gasteiger partial charge is 0.221 e. The molecule has 2 aromatic rings. The molecule has 1 aromatic heterocycles. The summed E-state index contributed by atoms with van der Waals surface area (Å²) in [6.45, 7) is 1.92. The molecule has 0 saturated heterocycles. The number of hydrogen-bond donors (Lipinski definition) is 1. The van der Waals surface area contributed by atoms with E-state index in [9.17, 15) is 4.79 Å². The first-order chi connectivity index (χ1) is 7.56. The molecule has 1 amide bonds. The van der Waals surface area contributed by atoms with Crippen LogP contribution in [0.5, 0.6) is 0 Å². The molecule has 0 atom stereocenters. The van der Waals surface area contributed by atoms with Crippen LogP contribution in [-0.4, -0.2) is 10.9 Å². The van der Waals surface area contributed by atoms with Crippen LogP contribution in [0.15, 0.2) is 24.3 Å². The molecule has 16 heavy (non-hydrogen) atoms. The van der Waals surface area contributed by atoms with Gasteiger partial charge in [0, 0.05) is 14.7 Å². The van der Waals surface area contributed by atoms with E-state index in [1.165, 1.54) is 0 Å². The number of halogens is 1. The molecule has 0 saturated carbocycles. The van der Waals surface area contributed by atoms with Gasteiger partial charge in [-0.05, 0) is 59.3 Å². The number of rotatable bonds is 2. The highest BCUT2D eigenvalue weighted by Crippen LogP contribution is 2.21. The topological polar surface area (TPSA) is 56.0 Å². The molecule has 2 rings (SSSR count). The van der Waals surface area contributed by atoms with Gasteiger partial charge in [-0.3, -0.25) is 9.78 Å². The maximum absolute atomic E-state index is 11.0. The first kappa shape index (κ1) is 11.3. The van der Waals surface area contributed by atoms with E-state index in [4.69, 9.17) is 5.73 Å². The summed E-state index contributed by atoms with van der Waals surface area (Å²) in [5.41, 5.74) is 8.02. The van der Waals surface area contributed by atoms with Gasteiger partial charge in [-0.25, -0.2) is 0 Å². The van der Waals surface area contributed by atoms with Crippen LogP contribution in [0.25, 0.3) is 10.9 Å². The number of primary amides is 1. The second-order valence-corrected chi connectivity index (χ2v) is 4.97. The van der Waals surface area contributed by atoms with Crippen LogP contribution in [0.2, 0.25) is 0 Å². The molecule has 1 aromatic carbocycles. The summed E-state index contributed by atoms with van der Waals surface area (Å²) in [5.74, 6) is -0.314. The minimum atomic E-state index is -0.314. The molecule has 0 unspecified atom stereocenters. The van der Waals surface area contributed by atoms with Gasteiger partial charge >= 0.3 is 0 Å². The van der Waals surface area contributed by atoms with Crippen LogP contribution in [0.1, 0.15) is 11.3 Å². The predicted octanol–water partition coefficient (Wildman–Crippen LogP) is 2.18. The van der Waals surface area contributed by atoms with E-state index in [1.54, 1.807) is 0 Å². The van der Waals surface area contributed by atoms with Crippen LogP contribution in [-0.2, 0) is 11.2 Å². The van der Waals surface area contributed by atoms with Crippen molar-refractivity contribution >= 4 is 39.4 Å². The first-order valence-corrected chi connectivity index (χ1v) is 5.98. The van der Waals surface area contributed by atoms with Crippen LogP contribution >= 0.6 is 22.6 Å². The maximum Gasteiger partial charge on any atom is 0.221 e. The molecule has 2 N–H and O–H groups in total. The molecule has 0 aliphatic carbocycles. The Bertz CT molecular complexity index is 566. The molecule has 0 fully saturated rings. The number of benzene rings is 1. The largest absolute Gasteiger partial charge is 0.369 e. The average molecular weight is 326 g/mol. The summed E-state index contributed by atoms with van der Waals surface area (Å²) in [6, 6.07) is 7.92. The van der Waals surface area contributed by atoms with Crippen LogP contribution < -0.4 is 5.73 Å².